The highest BCUT2D eigenvalue weighted by atomic mass is 19.4. The molecular formula is C22H14F6N8. The number of nitrogens with zero attached hydrogens (tertiary/aromatic N) is 6. The summed E-state index contributed by atoms with van der Waals surface area (Å²) >= 11 is 0. The van der Waals surface area contributed by atoms with E-state index < -0.39 is 23.5 Å². The van der Waals surface area contributed by atoms with Crippen molar-refractivity contribution in [2.45, 2.75) is 12.4 Å². The van der Waals surface area contributed by atoms with Gasteiger partial charge in [-0.1, -0.05) is 24.3 Å². The number of anilines is 2. The van der Waals surface area contributed by atoms with Crippen molar-refractivity contribution in [3.63, 3.8) is 0 Å². The molecule has 14 heteroatoms. The van der Waals surface area contributed by atoms with Gasteiger partial charge < -0.3 is 11.5 Å². The van der Waals surface area contributed by atoms with Crippen LogP contribution in [0.15, 0.2) is 60.9 Å². The van der Waals surface area contributed by atoms with E-state index in [4.69, 9.17) is 11.5 Å². The molecule has 0 unspecified atom stereocenters. The molecule has 0 aliphatic rings. The molecule has 5 rings (SSSR count). The average molecular weight is 504 g/mol. The molecule has 0 saturated heterocycles. The second-order valence-corrected chi connectivity index (χ2v) is 7.61. The van der Waals surface area contributed by atoms with Crippen LogP contribution in [0.5, 0.6) is 0 Å². The van der Waals surface area contributed by atoms with Gasteiger partial charge in [-0.15, -0.1) is 0 Å². The molecule has 4 N–H and O–H groups in total. The first-order valence-corrected chi connectivity index (χ1v) is 10.1. The molecule has 0 spiro atoms. The number of halogens is 6. The molecule has 0 amide bonds. The van der Waals surface area contributed by atoms with Gasteiger partial charge in [0, 0.05) is 0 Å². The lowest BCUT2D eigenvalue weighted by Gasteiger charge is -2.14. The van der Waals surface area contributed by atoms with Crippen molar-refractivity contribution in [1.82, 2.24) is 29.5 Å². The number of nitrogen functional groups attached to an aromatic ring is 2. The van der Waals surface area contributed by atoms with Crippen molar-refractivity contribution in [2.75, 3.05) is 11.5 Å². The highest BCUT2D eigenvalue weighted by molar-refractivity contribution is 5.89. The molecule has 3 heterocycles. The number of para-hydroxylation sites is 2. The number of nitrogens with two attached hydrogens (primary N) is 2. The predicted octanol–water partition coefficient (Wildman–Crippen LogP) is 4.87. The summed E-state index contributed by atoms with van der Waals surface area (Å²) in [7, 11) is 0. The number of alkyl halides is 6. The number of hydrogen-bond donors (Lipinski definition) is 2. The van der Waals surface area contributed by atoms with E-state index in [0.29, 0.717) is 0 Å². The molecule has 5 aromatic rings. The first-order chi connectivity index (χ1) is 17.0. The Balaban J connectivity index is 1.68. The van der Waals surface area contributed by atoms with Crippen molar-refractivity contribution in [2.24, 2.45) is 0 Å². The zero-order chi connectivity index (χ0) is 25.8. The second kappa shape index (κ2) is 7.96. The minimum Gasteiger partial charge on any atom is -0.383 e. The van der Waals surface area contributed by atoms with Crippen molar-refractivity contribution >= 4 is 22.7 Å². The van der Waals surface area contributed by atoms with Gasteiger partial charge >= 0.3 is 12.4 Å². The van der Waals surface area contributed by atoms with Gasteiger partial charge in [-0.3, -0.25) is 0 Å². The van der Waals surface area contributed by atoms with Crippen LogP contribution in [-0.2, 0) is 12.4 Å². The van der Waals surface area contributed by atoms with Crippen molar-refractivity contribution < 1.29 is 26.3 Å². The molecule has 0 radical (unpaired) electrons. The summed E-state index contributed by atoms with van der Waals surface area (Å²) < 4.78 is 83.1. The van der Waals surface area contributed by atoms with E-state index >= 15 is 0 Å². The van der Waals surface area contributed by atoms with Gasteiger partial charge in [0.15, 0.2) is 11.5 Å². The maximum absolute atomic E-state index is 13.6. The fourth-order valence-electron chi connectivity index (χ4n) is 3.74. The molecule has 0 atom stereocenters. The lowest BCUT2D eigenvalue weighted by molar-refractivity contribution is -0.138. The molecular weight excluding hydrogens is 490 g/mol. The third-order valence-electron chi connectivity index (χ3n) is 5.38. The summed E-state index contributed by atoms with van der Waals surface area (Å²) in [6.45, 7) is 0. The Kier molecular flexibility index (Phi) is 5.12. The number of rotatable bonds is 3. The maximum Gasteiger partial charge on any atom is 0.418 e. The van der Waals surface area contributed by atoms with E-state index in [0.717, 1.165) is 27.7 Å². The predicted molar refractivity (Wildman–Crippen MR) is 118 cm³/mol. The van der Waals surface area contributed by atoms with Crippen LogP contribution >= 0.6 is 0 Å². The van der Waals surface area contributed by atoms with Gasteiger partial charge in [-0.2, -0.15) is 36.5 Å². The van der Waals surface area contributed by atoms with Crippen LogP contribution in [0.3, 0.4) is 0 Å². The third kappa shape index (κ3) is 3.76. The zero-order valence-electron chi connectivity index (χ0n) is 17.9. The van der Waals surface area contributed by atoms with Crippen molar-refractivity contribution in [3.05, 3.63) is 72.1 Å². The molecule has 0 aliphatic heterocycles. The SMILES string of the molecule is Nc1nc(-c2cnn(-c3ccccc3C(F)(F)F)c2N)nc2c1cnn2-c1ccccc1C(F)(F)F. The van der Waals surface area contributed by atoms with E-state index in [-0.39, 0.29) is 45.4 Å². The topological polar surface area (TPSA) is 113 Å². The van der Waals surface area contributed by atoms with Gasteiger partial charge in [0.25, 0.3) is 0 Å². The molecule has 2 aromatic carbocycles. The van der Waals surface area contributed by atoms with Crippen LogP contribution < -0.4 is 11.5 Å². The quantitative estimate of drug-likeness (QED) is 0.339. The van der Waals surface area contributed by atoms with E-state index in [9.17, 15) is 26.3 Å². The lowest BCUT2D eigenvalue weighted by atomic mass is 10.1. The highest BCUT2D eigenvalue weighted by Crippen LogP contribution is 2.37. The van der Waals surface area contributed by atoms with Crippen molar-refractivity contribution in [1.29, 1.82) is 0 Å². The zero-order valence-corrected chi connectivity index (χ0v) is 17.9. The normalized spacial score (nSPS) is 12.4. The van der Waals surface area contributed by atoms with Crippen LogP contribution in [0, 0.1) is 0 Å². The molecule has 184 valence electrons. The Hall–Kier alpha value is -4.62. The Morgan fingerprint density at radius 3 is 1.78 bits per heavy atom. The van der Waals surface area contributed by atoms with Gasteiger partial charge in [0.1, 0.15) is 11.6 Å². The number of hydrogen-bond acceptors (Lipinski definition) is 6. The third-order valence-corrected chi connectivity index (χ3v) is 5.38. The Bertz CT molecular complexity index is 1600. The van der Waals surface area contributed by atoms with E-state index in [1.807, 2.05) is 0 Å². The fourth-order valence-corrected chi connectivity index (χ4v) is 3.74. The average Bonchev–Trinajstić information content (AvgIpc) is 3.42. The van der Waals surface area contributed by atoms with Crippen LogP contribution in [0.1, 0.15) is 11.1 Å². The molecule has 36 heavy (non-hydrogen) atoms. The van der Waals surface area contributed by atoms with E-state index in [1.54, 1.807) is 0 Å². The standard InChI is InChI=1S/C22H14F6N8/c23-21(24,25)13-5-1-3-7-15(13)35-18(30)12(10-31-35)19-33-17(29)11-9-32-36(20(11)34-19)16-8-4-2-6-14(16)22(26,27)28/h1-10H,30H2,(H2,29,33,34). The van der Waals surface area contributed by atoms with Gasteiger partial charge in [-0.25, -0.2) is 19.3 Å². The minimum absolute atomic E-state index is 0.0254. The van der Waals surface area contributed by atoms with Crippen LogP contribution in [-0.4, -0.2) is 29.5 Å². The highest BCUT2D eigenvalue weighted by Gasteiger charge is 2.35. The summed E-state index contributed by atoms with van der Waals surface area (Å²) in [5.74, 6) is -0.500. The summed E-state index contributed by atoms with van der Waals surface area (Å²) in [6, 6.07) is 9.45. The van der Waals surface area contributed by atoms with Crippen LogP contribution in [0.4, 0.5) is 38.0 Å². The minimum atomic E-state index is -4.67. The van der Waals surface area contributed by atoms with Gasteiger partial charge in [0.05, 0.1) is 45.8 Å². The Morgan fingerprint density at radius 1 is 0.667 bits per heavy atom. The number of benzene rings is 2. The Morgan fingerprint density at radius 2 is 1.19 bits per heavy atom. The smallest absolute Gasteiger partial charge is 0.383 e. The Labute approximate surface area is 197 Å². The molecule has 0 saturated carbocycles. The molecule has 3 aromatic heterocycles. The first kappa shape index (κ1) is 23.1. The molecule has 8 nitrogen and oxygen atoms in total. The van der Waals surface area contributed by atoms with Crippen molar-refractivity contribution in [3.8, 4) is 22.8 Å². The fraction of sp³-hybridized carbons (Fsp3) is 0.0909. The summed E-state index contributed by atoms with van der Waals surface area (Å²) in [4.78, 5) is 8.42. The maximum atomic E-state index is 13.6. The first-order valence-electron chi connectivity index (χ1n) is 10.1. The van der Waals surface area contributed by atoms with Crippen LogP contribution in [0.25, 0.3) is 33.8 Å². The largest absolute Gasteiger partial charge is 0.418 e. The van der Waals surface area contributed by atoms with E-state index in [2.05, 4.69) is 20.2 Å². The van der Waals surface area contributed by atoms with Gasteiger partial charge in [-0.05, 0) is 24.3 Å². The summed E-state index contributed by atoms with van der Waals surface area (Å²) in [5, 5.41) is 8.14. The molecule has 0 bridgehead atoms. The number of fused-ring (bicyclic) bond motifs is 1. The lowest BCUT2D eigenvalue weighted by Crippen LogP contribution is -2.13. The molecule has 0 aliphatic carbocycles. The number of aromatic nitrogens is 6. The molecule has 0 fully saturated rings. The van der Waals surface area contributed by atoms with E-state index in [1.165, 1.54) is 42.6 Å². The summed E-state index contributed by atoms with van der Waals surface area (Å²) in [6.07, 6.45) is -6.98. The monoisotopic (exact) mass is 504 g/mol. The van der Waals surface area contributed by atoms with Gasteiger partial charge in [0.2, 0.25) is 0 Å². The summed E-state index contributed by atoms with van der Waals surface area (Å²) in [5.41, 5.74) is 9.55. The van der Waals surface area contributed by atoms with Crippen LogP contribution in [0.2, 0.25) is 0 Å². The second-order valence-electron chi connectivity index (χ2n) is 7.61.